The topological polar surface area (TPSA) is 36.4 Å². The molecular formula is C13H23N3S. The summed E-state index contributed by atoms with van der Waals surface area (Å²) in [6.07, 6.45) is 2.43. The maximum atomic E-state index is 4.23. The zero-order valence-electron chi connectivity index (χ0n) is 11.0. The SMILES string of the molecule is CCC(CC)CNC(=NC)NCc1cccs1. The van der Waals surface area contributed by atoms with Crippen molar-refractivity contribution in [2.24, 2.45) is 10.9 Å². The fourth-order valence-electron chi connectivity index (χ4n) is 1.62. The van der Waals surface area contributed by atoms with Crippen LogP contribution in [-0.2, 0) is 6.54 Å². The Kier molecular flexibility index (Phi) is 6.70. The van der Waals surface area contributed by atoms with Gasteiger partial charge < -0.3 is 10.6 Å². The van der Waals surface area contributed by atoms with Gasteiger partial charge in [0.05, 0.1) is 6.54 Å². The summed E-state index contributed by atoms with van der Waals surface area (Å²) in [5, 5.41) is 8.80. The summed E-state index contributed by atoms with van der Waals surface area (Å²) < 4.78 is 0. The minimum Gasteiger partial charge on any atom is -0.356 e. The maximum absolute atomic E-state index is 4.23. The third-order valence-corrected chi connectivity index (χ3v) is 3.82. The molecule has 0 amide bonds. The lowest BCUT2D eigenvalue weighted by Gasteiger charge is -2.16. The number of hydrogen-bond acceptors (Lipinski definition) is 2. The predicted molar refractivity (Wildman–Crippen MR) is 76.6 cm³/mol. The van der Waals surface area contributed by atoms with E-state index in [0.29, 0.717) is 0 Å². The molecule has 0 saturated heterocycles. The van der Waals surface area contributed by atoms with Crippen LogP contribution in [0.15, 0.2) is 22.5 Å². The van der Waals surface area contributed by atoms with E-state index < -0.39 is 0 Å². The molecule has 0 atom stereocenters. The van der Waals surface area contributed by atoms with Crippen molar-refractivity contribution in [1.82, 2.24) is 10.6 Å². The minimum atomic E-state index is 0.732. The van der Waals surface area contributed by atoms with Crippen LogP contribution in [0.2, 0.25) is 0 Å². The molecule has 0 aliphatic carbocycles. The second kappa shape index (κ2) is 8.12. The molecule has 1 aromatic rings. The molecule has 3 nitrogen and oxygen atoms in total. The monoisotopic (exact) mass is 253 g/mol. The van der Waals surface area contributed by atoms with E-state index in [1.807, 2.05) is 7.05 Å². The van der Waals surface area contributed by atoms with Gasteiger partial charge in [0.25, 0.3) is 0 Å². The number of nitrogens with one attached hydrogen (secondary N) is 2. The van der Waals surface area contributed by atoms with E-state index in [9.17, 15) is 0 Å². The maximum Gasteiger partial charge on any atom is 0.191 e. The Morgan fingerprint density at radius 1 is 1.35 bits per heavy atom. The third-order valence-electron chi connectivity index (χ3n) is 2.95. The summed E-state index contributed by atoms with van der Waals surface area (Å²) in [4.78, 5) is 5.56. The van der Waals surface area contributed by atoms with E-state index in [1.54, 1.807) is 11.3 Å². The van der Waals surface area contributed by atoms with Gasteiger partial charge in [-0.2, -0.15) is 0 Å². The Hall–Kier alpha value is -1.03. The summed E-state index contributed by atoms with van der Waals surface area (Å²) in [6.45, 7) is 6.31. The van der Waals surface area contributed by atoms with Gasteiger partial charge in [0.15, 0.2) is 5.96 Å². The molecule has 1 aromatic heterocycles. The lowest BCUT2D eigenvalue weighted by atomic mass is 10.0. The number of hydrogen-bond donors (Lipinski definition) is 2. The van der Waals surface area contributed by atoms with Crippen LogP contribution in [0.5, 0.6) is 0 Å². The average Bonchev–Trinajstić information content (AvgIpc) is 2.87. The lowest BCUT2D eigenvalue weighted by molar-refractivity contribution is 0.481. The van der Waals surface area contributed by atoms with Crippen molar-refractivity contribution < 1.29 is 0 Å². The van der Waals surface area contributed by atoms with E-state index in [1.165, 1.54) is 17.7 Å². The van der Waals surface area contributed by atoms with Crippen LogP contribution >= 0.6 is 11.3 Å². The van der Waals surface area contributed by atoms with Crippen LogP contribution in [-0.4, -0.2) is 19.6 Å². The normalized spacial score (nSPS) is 11.9. The van der Waals surface area contributed by atoms with Crippen LogP contribution in [0.1, 0.15) is 31.6 Å². The van der Waals surface area contributed by atoms with Gasteiger partial charge >= 0.3 is 0 Å². The molecule has 0 aliphatic rings. The van der Waals surface area contributed by atoms with E-state index in [-0.39, 0.29) is 0 Å². The highest BCUT2D eigenvalue weighted by Gasteiger charge is 2.04. The van der Waals surface area contributed by atoms with Crippen molar-refractivity contribution in [2.45, 2.75) is 33.2 Å². The first-order chi connectivity index (χ1) is 8.30. The molecule has 0 aliphatic heterocycles. The molecule has 1 rings (SSSR count). The van der Waals surface area contributed by atoms with Crippen LogP contribution in [0.4, 0.5) is 0 Å². The first kappa shape index (κ1) is 14.0. The van der Waals surface area contributed by atoms with Crippen LogP contribution in [0.3, 0.4) is 0 Å². The van der Waals surface area contributed by atoms with Crippen molar-refractivity contribution in [3.05, 3.63) is 22.4 Å². The largest absolute Gasteiger partial charge is 0.356 e. The zero-order valence-corrected chi connectivity index (χ0v) is 11.8. The Balaban J connectivity index is 2.29. The number of thiophene rings is 1. The Morgan fingerprint density at radius 2 is 2.12 bits per heavy atom. The number of guanidine groups is 1. The molecule has 0 aromatic carbocycles. The van der Waals surface area contributed by atoms with Gasteiger partial charge in [-0.1, -0.05) is 32.8 Å². The summed E-state index contributed by atoms with van der Waals surface area (Å²) in [7, 11) is 1.82. The van der Waals surface area contributed by atoms with Gasteiger partial charge in [-0.3, -0.25) is 4.99 Å². The summed E-state index contributed by atoms with van der Waals surface area (Å²) in [5.41, 5.74) is 0. The Labute approximate surface area is 108 Å². The van der Waals surface area contributed by atoms with Crippen LogP contribution in [0, 0.1) is 5.92 Å². The molecule has 96 valence electrons. The lowest BCUT2D eigenvalue weighted by Crippen LogP contribution is -2.39. The second-order valence-electron chi connectivity index (χ2n) is 4.07. The molecular weight excluding hydrogens is 230 g/mol. The van der Waals surface area contributed by atoms with Crippen molar-refractivity contribution in [2.75, 3.05) is 13.6 Å². The quantitative estimate of drug-likeness (QED) is 0.604. The van der Waals surface area contributed by atoms with Crippen molar-refractivity contribution in [3.63, 3.8) is 0 Å². The fourth-order valence-corrected chi connectivity index (χ4v) is 2.27. The van der Waals surface area contributed by atoms with E-state index in [4.69, 9.17) is 0 Å². The van der Waals surface area contributed by atoms with Crippen LogP contribution < -0.4 is 10.6 Å². The van der Waals surface area contributed by atoms with E-state index >= 15 is 0 Å². The molecule has 0 bridgehead atoms. The van der Waals surface area contributed by atoms with Crippen molar-refractivity contribution in [1.29, 1.82) is 0 Å². The first-order valence-electron chi connectivity index (χ1n) is 6.27. The molecule has 17 heavy (non-hydrogen) atoms. The molecule has 0 fully saturated rings. The summed E-state index contributed by atoms with van der Waals surface area (Å²) in [6, 6.07) is 4.20. The minimum absolute atomic E-state index is 0.732. The highest BCUT2D eigenvalue weighted by atomic mass is 32.1. The second-order valence-corrected chi connectivity index (χ2v) is 5.10. The van der Waals surface area contributed by atoms with Crippen molar-refractivity contribution in [3.8, 4) is 0 Å². The number of rotatable bonds is 6. The Morgan fingerprint density at radius 3 is 2.65 bits per heavy atom. The van der Waals surface area contributed by atoms with Gasteiger partial charge in [-0.15, -0.1) is 11.3 Å². The highest BCUT2D eigenvalue weighted by Crippen LogP contribution is 2.07. The van der Waals surface area contributed by atoms with E-state index in [2.05, 4.69) is 47.0 Å². The van der Waals surface area contributed by atoms with Gasteiger partial charge in [0.1, 0.15) is 0 Å². The highest BCUT2D eigenvalue weighted by molar-refractivity contribution is 7.09. The molecule has 0 radical (unpaired) electrons. The third kappa shape index (κ3) is 5.22. The fraction of sp³-hybridized carbons (Fsp3) is 0.615. The number of aliphatic imine (C=N–C) groups is 1. The van der Waals surface area contributed by atoms with Gasteiger partial charge in [-0.25, -0.2) is 0 Å². The zero-order chi connectivity index (χ0) is 12.5. The smallest absolute Gasteiger partial charge is 0.191 e. The first-order valence-corrected chi connectivity index (χ1v) is 7.15. The predicted octanol–water partition coefficient (Wildman–Crippen LogP) is 2.85. The molecule has 0 unspecified atom stereocenters. The molecule has 0 saturated carbocycles. The van der Waals surface area contributed by atoms with Crippen molar-refractivity contribution >= 4 is 17.3 Å². The molecule has 4 heteroatoms. The molecule has 1 heterocycles. The van der Waals surface area contributed by atoms with Gasteiger partial charge in [0.2, 0.25) is 0 Å². The number of nitrogens with zero attached hydrogens (tertiary/aromatic N) is 1. The van der Waals surface area contributed by atoms with E-state index in [0.717, 1.165) is 25.0 Å². The van der Waals surface area contributed by atoms with Gasteiger partial charge in [0, 0.05) is 18.5 Å². The summed E-state index contributed by atoms with van der Waals surface area (Å²) in [5.74, 6) is 1.63. The van der Waals surface area contributed by atoms with Gasteiger partial charge in [-0.05, 0) is 17.4 Å². The summed E-state index contributed by atoms with van der Waals surface area (Å²) >= 11 is 1.76. The Bertz CT molecular complexity index is 315. The standard InChI is InChI=1S/C13H23N3S/c1-4-11(5-2)9-15-13(14-3)16-10-12-7-6-8-17-12/h6-8,11H,4-5,9-10H2,1-3H3,(H2,14,15,16). The molecule has 0 spiro atoms. The average molecular weight is 253 g/mol. The van der Waals surface area contributed by atoms with Crippen LogP contribution in [0.25, 0.3) is 0 Å². The molecule has 2 N–H and O–H groups in total.